The predicted molar refractivity (Wildman–Crippen MR) is 75.5 cm³/mol. The first-order valence-corrected chi connectivity index (χ1v) is 6.78. The van der Waals surface area contributed by atoms with Gasteiger partial charge in [0.15, 0.2) is 0 Å². The molecule has 94 valence electrons. The Morgan fingerprint density at radius 3 is 2.39 bits per heavy atom. The van der Waals surface area contributed by atoms with Crippen molar-refractivity contribution >= 4 is 37.5 Å². The summed E-state index contributed by atoms with van der Waals surface area (Å²) in [5.41, 5.74) is 1.28. The zero-order chi connectivity index (χ0) is 13.1. The van der Waals surface area contributed by atoms with Gasteiger partial charge in [0.25, 0.3) is 0 Å². The quantitative estimate of drug-likeness (QED) is 0.785. The second kappa shape index (κ2) is 5.80. The average Bonchev–Trinajstić information content (AvgIpc) is 2.32. The molecule has 0 aliphatic rings. The number of hydrogen-bond donors (Lipinski definition) is 1. The van der Waals surface area contributed by atoms with Crippen LogP contribution in [0.3, 0.4) is 0 Å². The number of halogens is 4. The topological polar surface area (TPSA) is 12.0 Å². The monoisotopic (exact) mass is 375 g/mol. The predicted octanol–water partition coefficient (Wildman–Crippen LogP) is 5.10. The van der Waals surface area contributed by atoms with E-state index in [4.69, 9.17) is 0 Å². The maximum absolute atomic E-state index is 13.5. The zero-order valence-electron chi connectivity index (χ0n) is 9.18. The van der Waals surface area contributed by atoms with Crippen LogP contribution in [0, 0.1) is 11.6 Å². The Morgan fingerprint density at radius 1 is 0.944 bits per heavy atom. The SMILES string of the molecule is Fc1ccc(CNc2ccc(Br)cc2F)cc1Br. The van der Waals surface area contributed by atoms with E-state index in [0.717, 1.165) is 5.56 Å². The molecule has 0 heterocycles. The molecule has 0 fully saturated rings. The van der Waals surface area contributed by atoms with Crippen LogP contribution in [0.4, 0.5) is 14.5 Å². The number of anilines is 1. The first-order valence-electron chi connectivity index (χ1n) is 5.19. The van der Waals surface area contributed by atoms with Gasteiger partial charge in [0.05, 0.1) is 10.2 Å². The van der Waals surface area contributed by atoms with Crippen molar-refractivity contribution in [2.24, 2.45) is 0 Å². The first kappa shape index (κ1) is 13.5. The van der Waals surface area contributed by atoms with Gasteiger partial charge in [-0.2, -0.15) is 0 Å². The van der Waals surface area contributed by atoms with Crippen LogP contribution in [0.5, 0.6) is 0 Å². The van der Waals surface area contributed by atoms with Gasteiger partial charge in [-0.3, -0.25) is 0 Å². The molecule has 2 rings (SSSR count). The highest BCUT2D eigenvalue weighted by Crippen LogP contribution is 2.21. The van der Waals surface area contributed by atoms with Gasteiger partial charge in [0, 0.05) is 11.0 Å². The molecule has 0 bridgehead atoms. The van der Waals surface area contributed by atoms with E-state index in [-0.39, 0.29) is 11.6 Å². The molecule has 0 saturated heterocycles. The van der Waals surface area contributed by atoms with E-state index in [1.807, 2.05) is 0 Å². The lowest BCUT2D eigenvalue weighted by atomic mass is 10.2. The van der Waals surface area contributed by atoms with Crippen LogP contribution in [0.15, 0.2) is 45.3 Å². The second-order valence-electron chi connectivity index (χ2n) is 3.73. The van der Waals surface area contributed by atoms with Gasteiger partial charge >= 0.3 is 0 Å². The van der Waals surface area contributed by atoms with Crippen molar-refractivity contribution in [3.05, 3.63) is 62.5 Å². The van der Waals surface area contributed by atoms with E-state index < -0.39 is 0 Å². The maximum Gasteiger partial charge on any atom is 0.147 e. The van der Waals surface area contributed by atoms with E-state index in [1.165, 1.54) is 12.1 Å². The fourth-order valence-corrected chi connectivity index (χ4v) is 2.24. The summed E-state index contributed by atoms with van der Waals surface area (Å²) in [5.74, 6) is -0.640. The Kier molecular flexibility index (Phi) is 4.35. The third-order valence-corrected chi connectivity index (χ3v) is 3.50. The molecule has 0 spiro atoms. The minimum atomic E-state index is -0.328. The fraction of sp³-hybridized carbons (Fsp3) is 0.0769. The highest BCUT2D eigenvalue weighted by molar-refractivity contribution is 9.10. The normalized spacial score (nSPS) is 10.4. The molecule has 0 amide bonds. The van der Waals surface area contributed by atoms with Gasteiger partial charge in [-0.15, -0.1) is 0 Å². The molecule has 0 saturated carbocycles. The summed E-state index contributed by atoms with van der Waals surface area (Å²) in [6.45, 7) is 0.428. The van der Waals surface area contributed by atoms with Crippen LogP contribution < -0.4 is 5.32 Å². The van der Waals surface area contributed by atoms with E-state index in [0.29, 0.717) is 21.2 Å². The van der Waals surface area contributed by atoms with Crippen molar-refractivity contribution in [2.45, 2.75) is 6.54 Å². The molecule has 2 aromatic rings. The minimum absolute atomic E-state index is 0.312. The third-order valence-electron chi connectivity index (χ3n) is 2.40. The highest BCUT2D eigenvalue weighted by Gasteiger charge is 2.04. The van der Waals surface area contributed by atoms with Gasteiger partial charge in [-0.1, -0.05) is 22.0 Å². The van der Waals surface area contributed by atoms with Crippen LogP contribution in [0.2, 0.25) is 0 Å². The molecule has 2 aromatic carbocycles. The van der Waals surface area contributed by atoms with Gasteiger partial charge < -0.3 is 5.32 Å². The number of hydrogen-bond acceptors (Lipinski definition) is 1. The molecular formula is C13H9Br2F2N. The van der Waals surface area contributed by atoms with E-state index in [1.54, 1.807) is 24.3 Å². The standard InChI is InChI=1S/C13H9Br2F2N/c14-9-2-4-13(12(17)6-9)18-7-8-1-3-11(16)10(15)5-8/h1-6,18H,7H2. The van der Waals surface area contributed by atoms with Crippen LogP contribution in [0.1, 0.15) is 5.56 Å². The van der Waals surface area contributed by atoms with Crippen molar-refractivity contribution in [1.29, 1.82) is 0 Å². The molecular weight excluding hydrogens is 368 g/mol. The van der Waals surface area contributed by atoms with Crippen molar-refractivity contribution in [2.75, 3.05) is 5.32 Å². The summed E-state index contributed by atoms with van der Waals surface area (Å²) in [4.78, 5) is 0. The molecule has 0 aliphatic heterocycles. The largest absolute Gasteiger partial charge is 0.379 e. The molecule has 0 atom stereocenters. The maximum atomic E-state index is 13.5. The summed E-state index contributed by atoms with van der Waals surface area (Å²) >= 11 is 6.31. The Hall–Kier alpha value is -0.940. The number of benzene rings is 2. The Labute approximate surface area is 120 Å². The molecule has 0 aromatic heterocycles. The van der Waals surface area contributed by atoms with Crippen LogP contribution in [-0.2, 0) is 6.54 Å². The molecule has 1 N–H and O–H groups in total. The number of rotatable bonds is 3. The third kappa shape index (κ3) is 3.29. The van der Waals surface area contributed by atoms with Crippen LogP contribution >= 0.6 is 31.9 Å². The summed E-state index contributed by atoms with van der Waals surface area (Å²) in [6.07, 6.45) is 0. The summed E-state index contributed by atoms with van der Waals surface area (Å²) in [5, 5.41) is 2.96. The zero-order valence-corrected chi connectivity index (χ0v) is 12.4. The van der Waals surface area contributed by atoms with E-state index >= 15 is 0 Å². The van der Waals surface area contributed by atoms with Crippen LogP contribution in [-0.4, -0.2) is 0 Å². The smallest absolute Gasteiger partial charge is 0.147 e. The molecule has 1 nitrogen and oxygen atoms in total. The lowest BCUT2D eigenvalue weighted by Crippen LogP contribution is -2.01. The lowest BCUT2D eigenvalue weighted by molar-refractivity contribution is 0.620. The summed E-state index contributed by atoms with van der Waals surface area (Å²) in [7, 11) is 0. The Balaban J connectivity index is 2.09. The van der Waals surface area contributed by atoms with Gasteiger partial charge in [-0.25, -0.2) is 8.78 Å². The summed E-state index contributed by atoms with van der Waals surface area (Å²) < 4.78 is 27.7. The lowest BCUT2D eigenvalue weighted by Gasteiger charge is -2.08. The second-order valence-corrected chi connectivity index (χ2v) is 5.50. The Morgan fingerprint density at radius 2 is 1.72 bits per heavy atom. The molecule has 5 heteroatoms. The fourth-order valence-electron chi connectivity index (χ4n) is 1.48. The minimum Gasteiger partial charge on any atom is -0.379 e. The molecule has 0 aliphatic carbocycles. The average molecular weight is 377 g/mol. The molecule has 0 radical (unpaired) electrons. The summed E-state index contributed by atoms with van der Waals surface area (Å²) in [6, 6.07) is 9.49. The highest BCUT2D eigenvalue weighted by atomic mass is 79.9. The van der Waals surface area contributed by atoms with Crippen molar-refractivity contribution in [3.8, 4) is 0 Å². The van der Waals surface area contributed by atoms with Gasteiger partial charge in [-0.05, 0) is 51.8 Å². The number of nitrogens with one attached hydrogen (secondary N) is 1. The Bertz CT molecular complexity index is 573. The van der Waals surface area contributed by atoms with Crippen molar-refractivity contribution in [1.82, 2.24) is 0 Å². The van der Waals surface area contributed by atoms with Gasteiger partial charge in [0.1, 0.15) is 11.6 Å². The van der Waals surface area contributed by atoms with E-state index in [9.17, 15) is 8.78 Å². The van der Waals surface area contributed by atoms with Crippen LogP contribution in [0.25, 0.3) is 0 Å². The first-order chi connectivity index (χ1) is 8.56. The molecule has 0 unspecified atom stereocenters. The molecule has 18 heavy (non-hydrogen) atoms. The van der Waals surface area contributed by atoms with Gasteiger partial charge in [0.2, 0.25) is 0 Å². The van der Waals surface area contributed by atoms with Crippen molar-refractivity contribution < 1.29 is 8.78 Å². The van der Waals surface area contributed by atoms with Crippen molar-refractivity contribution in [3.63, 3.8) is 0 Å². The van der Waals surface area contributed by atoms with E-state index in [2.05, 4.69) is 37.2 Å².